The van der Waals surface area contributed by atoms with E-state index in [0.29, 0.717) is 6.54 Å². The molecule has 2 amide bonds. The minimum atomic E-state index is -4.53. The zero-order valence-corrected chi connectivity index (χ0v) is 26.5. The summed E-state index contributed by atoms with van der Waals surface area (Å²) in [5.74, 6) is -0.927. The van der Waals surface area contributed by atoms with Gasteiger partial charge in [-0.1, -0.05) is 30.3 Å². The Bertz CT molecular complexity index is 1680. The maximum atomic E-state index is 14.0. The molecule has 248 valence electrons. The second-order valence-electron chi connectivity index (χ2n) is 11.6. The van der Waals surface area contributed by atoms with Gasteiger partial charge in [-0.25, -0.2) is 9.37 Å². The van der Waals surface area contributed by atoms with Crippen LogP contribution in [0.1, 0.15) is 72.6 Å². The van der Waals surface area contributed by atoms with Gasteiger partial charge in [0.15, 0.2) is 0 Å². The number of nitrogens with zero attached hydrogens (tertiary/aromatic N) is 3. The molecule has 2 aromatic heterocycles. The number of aliphatic hydroxyl groups excluding tert-OH is 1. The maximum absolute atomic E-state index is 14.0. The molecule has 3 N–H and O–H groups in total. The summed E-state index contributed by atoms with van der Waals surface area (Å²) in [6.07, 6.45) is -1.86. The van der Waals surface area contributed by atoms with E-state index in [4.69, 9.17) is 0 Å². The van der Waals surface area contributed by atoms with Crippen LogP contribution < -0.4 is 10.6 Å². The van der Waals surface area contributed by atoms with Gasteiger partial charge in [-0.2, -0.15) is 13.2 Å². The lowest BCUT2D eigenvalue weighted by atomic mass is 9.99. The number of pyridine rings is 1. The van der Waals surface area contributed by atoms with Crippen LogP contribution in [0.4, 0.5) is 17.6 Å². The summed E-state index contributed by atoms with van der Waals surface area (Å²) < 4.78 is 53.3. The molecule has 1 aliphatic heterocycles. The van der Waals surface area contributed by atoms with Gasteiger partial charge in [0.05, 0.1) is 23.8 Å². The number of aryl methyl sites for hydroxylation is 1. The van der Waals surface area contributed by atoms with Crippen LogP contribution in [0, 0.1) is 6.92 Å². The summed E-state index contributed by atoms with van der Waals surface area (Å²) >= 11 is 1.49. The number of carbonyl (C=O) groups is 2. The lowest BCUT2D eigenvalue weighted by Crippen LogP contribution is -2.48. The van der Waals surface area contributed by atoms with E-state index >= 15 is 0 Å². The van der Waals surface area contributed by atoms with E-state index in [1.54, 1.807) is 4.90 Å². The number of halogens is 4. The first-order valence-corrected chi connectivity index (χ1v) is 16.1. The topological polar surface area (TPSA) is 107 Å². The Hall–Kier alpha value is -4.20. The number of rotatable bonds is 12. The second kappa shape index (κ2) is 15.1. The number of nitrogens with one attached hydrogen (secondary N) is 2. The zero-order chi connectivity index (χ0) is 33.6. The van der Waals surface area contributed by atoms with Crippen molar-refractivity contribution in [3.63, 3.8) is 0 Å². The normalized spacial score (nSPS) is 16.2. The molecule has 5 rings (SSSR count). The molecule has 1 fully saturated rings. The summed E-state index contributed by atoms with van der Waals surface area (Å²) in [6.45, 7) is 1.46. The van der Waals surface area contributed by atoms with Crippen molar-refractivity contribution in [2.24, 2.45) is 0 Å². The predicted molar refractivity (Wildman–Crippen MR) is 169 cm³/mol. The highest BCUT2D eigenvalue weighted by Crippen LogP contribution is 2.35. The molecule has 4 aromatic rings. The number of hydrogen-bond acceptors (Lipinski definition) is 7. The Morgan fingerprint density at radius 1 is 1.06 bits per heavy atom. The molecule has 8 nitrogen and oxygen atoms in total. The number of carbonyl (C=O) groups excluding carboxylic acids is 2. The van der Waals surface area contributed by atoms with Crippen molar-refractivity contribution >= 4 is 23.2 Å². The summed E-state index contributed by atoms with van der Waals surface area (Å²) in [6, 6.07) is 13.4. The zero-order valence-electron chi connectivity index (χ0n) is 25.6. The molecule has 0 bridgehead atoms. The molecule has 3 atom stereocenters. The van der Waals surface area contributed by atoms with Gasteiger partial charge in [-0.3, -0.25) is 14.6 Å². The van der Waals surface area contributed by atoms with Crippen molar-refractivity contribution in [2.75, 3.05) is 13.1 Å². The maximum Gasteiger partial charge on any atom is 0.417 e. The van der Waals surface area contributed by atoms with Crippen molar-refractivity contribution in [3.05, 3.63) is 116 Å². The van der Waals surface area contributed by atoms with Crippen LogP contribution in [-0.2, 0) is 25.8 Å². The predicted octanol–water partition coefficient (Wildman–Crippen LogP) is 5.80. The molecule has 2 aromatic carbocycles. The molecule has 3 heterocycles. The molecule has 0 saturated carbocycles. The highest BCUT2D eigenvalue weighted by molar-refractivity contribution is 7.09. The smallest absolute Gasteiger partial charge is 0.390 e. The number of aliphatic hydroxyl groups is 1. The van der Waals surface area contributed by atoms with Crippen LogP contribution in [0.5, 0.6) is 0 Å². The van der Waals surface area contributed by atoms with Crippen LogP contribution in [0.25, 0.3) is 0 Å². The number of benzene rings is 2. The van der Waals surface area contributed by atoms with Crippen molar-refractivity contribution in [3.8, 4) is 0 Å². The average molecular weight is 670 g/mol. The Morgan fingerprint density at radius 2 is 1.83 bits per heavy atom. The van der Waals surface area contributed by atoms with Crippen LogP contribution in [0.15, 0.2) is 72.4 Å². The van der Waals surface area contributed by atoms with Gasteiger partial charge < -0.3 is 20.6 Å². The fourth-order valence-electron chi connectivity index (χ4n) is 5.63. The first-order chi connectivity index (χ1) is 22.5. The Labute approximate surface area is 273 Å². The summed E-state index contributed by atoms with van der Waals surface area (Å²) in [5.41, 5.74) is 1.51. The molecule has 3 unspecified atom stereocenters. The minimum absolute atomic E-state index is 0.00204. The van der Waals surface area contributed by atoms with Crippen LogP contribution in [0.2, 0.25) is 0 Å². The fourth-order valence-corrected chi connectivity index (χ4v) is 6.57. The molecule has 13 heteroatoms. The third-order valence-corrected chi connectivity index (χ3v) is 9.04. The van der Waals surface area contributed by atoms with E-state index in [9.17, 15) is 32.3 Å². The molecule has 0 radical (unpaired) electrons. The standard InChI is InChI=1S/C34H35F4N5O3S/c1-21-20-47-32(41-21)29-8-5-9-43(29)33(46)26-11-23(15-35)10-25(14-26)31(45)42-28(13-22-6-3-2-4-7-22)30(44)19-40-17-24-12-27(18-39-16-24)34(36,37)38/h2-4,6-7,10-12,14,16,18,20,28-30,40,44H,5,8-9,13,15,17,19H2,1H3,(H,42,45). The van der Waals surface area contributed by atoms with Crippen molar-refractivity contribution in [1.82, 2.24) is 25.5 Å². The molecular formula is C34H35F4N5O3S. The summed E-state index contributed by atoms with van der Waals surface area (Å²) in [5, 5.41) is 19.7. The van der Waals surface area contributed by atoms with E-state index in [1.165, 1.54) is 35.7 Å². The van der Waals surface area contributed by atoms with Gasteiger partial charge >= 0.3 is 6.18 Å². The minimum Gasteiger partial charge on any atom is -0.390 e. The second-order valence-corrected chi connectivity index (χ2v) is 12.5. The van der Waals surface area contributed by atoms with E-state index < -0.39 is 36.5 Å². The molecule has 47 heavy (non-hydrogen) atoms. The lowest BCUT2D eigenvalue weighted by molar-refractivity contribution is -0.137. The Balaban J connectivity index is 1.31. The van der Waals surface area contributed by atoms with Gasteiger partial charge in [-0.05, 0) is 67.1 Å². The Kier molecular flexibility index (Phi) is 11.0. The molecular weight excluding hydrogens is 634 g/mol. The monoisotopic (exact) mass is 669 g/mol. The van der Waals surface area contributed by atoms with Gasteiger partial charge in [0, 0.05) is 54.2 Å². The third kappa shape index (κ3) is 8.79. The number of amides is 2. The quantitative estimate of drug-likeness (QED) is 0.165. The van der Waals surface area contributed by atoms with Gasteiger partial charge in [0.1, 0.15) is 11.7 Å². The molecule has 1 aliphatic rings. The first-order valence-electron chi connectivity index (χ1n) is 15.2. The van der Waals surface area contributed by atoms with Gasteiger partial charge in [-0.15, -0.1) is 11.3 Å². The van der Waals surface area contributed by atoms with E-state index in [1.807, 2.05) is 42.6 Å². The first kappa shape index (κ1) is 34.1. The summed E-state index contributed by atoms with van der Waals surface area (Å²) in [7, 11) is 0. The molecule has 0 spiro atoms. The van der Waals surface area contributed by atoms with Crippen molar-refractivity contribution < 1.29 is 32.3 Å². The molecule has 0 aliphatic carbocycles. The molecule has 1 saturated heterocycles. The number of alkyl halides is 4. The van der Waals surface area contributed by atoms with Crippen molar-refractivity contribution in [1.29, 1.82) is 0 Å². The highest BCUT2D eigenvalue weighted by atomic mass is 32.1. The van der Waals surface area contributed by atoms with Crippen LogP contribution >= 0.6 is 11.3 Å². The Morgan fingerprint density at radius 3 is 2.53 bits per heavy atom. The number of hydrogen-bond donors (Lipinski definition) is 3. The van der Waals surface area contributed by atoms with Crippen LogP contribution in [-0.4, -0.2) is 57.0 Å². The van der Waals surface area contributed by atoms with Gasteiger partial charge in [0.25, 0.3) is 11.8 Å². The largest absolute Gasteiger partial charge is 0.417 e. The van der Waals surface area contributed by atoms with E-state index in [2.05, 4.69) is 20.6 Å². The average Bonchev–Trinajstić information content (AvgIpc) is 3.73. The SMILES string of the molecule is Cc1csc(C2CCCN2C(=O)c2cc(CF)cc(C(=O)NC(Cc3ccccc3)C(O)CNCc3cncc(C(F)(F)F)c3)c2)n1. The van der Waals surface area contributed by atoms with E-state index in [-0.39, 0.29) is 53.7 Å². The number of aromatic nitrogens is 2. The van der Waals surface area contributed by atoms with Crippen LogP contribution in [0.3, 0.4) is 0 Å². The highest BCUT2D eigenvalue weighted by Gasteiger charge is 2.33. The fraction of sp³-hybridized carbons (Fsp3) is 0.353. The van der Waals surface area contributed by atoms with Gasteiger partial charge in [0.2, 0.25) is 0 Å². The number of likely N-dealkylation sites (tertiary alicyclic amines) is 1. The summed E-state index contributed by atoms with van der Waals surface area (Å²) in [4.78, 5) is 37.2. The van der Waals surface area contributed by atoms with Crippen molar-refractivity contribution in [2.45, 2.75) is 63.8 Å². The third-order valence-electron chi connectivity index (χ3n) is 7.98. The lowest BCUT2D eigenvalue weighted by Gasteiger charge is -2.26. The van der Waals surface area contributed by atoms with E-state index in [0.717, 1.165) is 41.4 Å². The number of thiazole rings is 1.